The third-order valence-electron chi connectivity index (χ3n) is 13.1. The van der Waals surface area contributed by atoms with Gasteiger partial charge >= 0.3 is 0 Å². The Morgan fingerprint density at radius 1 is 0.242 bits per heavy atom. The van der Waals surface area contributed by atoms with Gasteiger partial charge in [-0.2, -0.15) is 0 Å². The van der Waals surface area contributed by atoms with Gasteiger partial charge < -0.3 is 4.90 Å². The second kappa shape index (κ2) is 14.6. The van der Waals surface area contributed by atoms with Gasteiger partial charge in [-0.25, -0.2) is 0 Å². The lowest BCUT2D eigenvalue weighted by molar-refractivity contribution is 0.769. The summed E-state index contributed by atoms with van der Waals surface area (Å²) in [5.74, 6) is 0. The van der Waals surface area contributed by atoms with Crippen LogP contribution in [0.5, 0.6) is 0 Å². The highest BCUT2D eigenvalue weighted by Crippen LogP contribution is 2.58. The van der Waals surface area contributed by atoms with Crippen molar-refractivity contribution in [3.63, 3.8) is 0 Å². The first kappa shape index (κ1) is 35.9. The molecule has 0 fully saturated rings. The minimum atomic E-state index is -0.549. The Bertz CT molecular complexity index is 3290. The largest absolute Gasteiger partial charge is 0.310 e. The van der Waals surface area contributed by atoms with Gasteiger partial charge in [0.1, 0.15) is 0 Å². The molecule has 1 aliphatic carbocycles. The third kappa shape index (κ3) is 5.63. The van der Waals surface area contributed by atoms with E-state index >= 15 is 0 Å². The summed E-state index contributed by atoms with van der Waals surface area (Å²) in [6.45, 7) is 0. The van der Waals surface area contributed by atoms with E-state index in [0.717, 1.165) is 17.1 Å². The fourth-order valence-corrected chi connectivity index (χ4v) is 10.3. The van der Waals surface area contributed by atoms with Crippen molar-refractivity contribution in [1.82, 2.24) is 0 Å². The number of hydrogen-bond acceptors (Lipinski definition) is 1. The van der Waals surface area contributed by atoms with E-state index in [1.807, 2.05) is 0 Å². The average molecular weight is 788 g/mol. The van der Waals surface area contributed by atoms with Crippen LogP contribution >= 0.6 is 0 Å². The van der Waals surface area contributed by atoms with Crippen molar-refractivity contribution in [1.29, 1.82) is 0 Å². The first-order chi connectivity index (χ1) is 30.8. The Hall–Kier alpha value is -8.00. The van der Waals surface area contributed by atoms with Crippen molar-refractivity contribution >= 4 is 49.4 Å². The van der Waals surface area contributed by atoms with Crippen LogP contribution in [0.3, 0.4) is 0 Å². The monoisotopic (exact) mass is 787 g/mol. The van der Waals surface area contributed by atoms with E-state index in [1.54, 1.807) is 0 Å². The molecule has 11 aromatic rings. The Balaban J connectivity index is 1.13. The van der Waals surface area contributed by atoms with Crippen molar-refractivity contribution in [2.24, 2.45) is 0 Å². The van der Waals surface area contributed by atoms with E-state index in [2.05, 4.69) is 254 Å². The van der Waals surface area contributed by atoms with Crippen LogP contribution in [0.15, 0.2) is 249 Å². The summed E-state index contributed by atoms with van der Waals surface area (Å²) in [5, 5.41) is 7.67. The van der Waals surface area contributed by atoms with Gasteiger partial charge in [0.05, 0.1) is 5.41 Å². The number of fused-ring (bicyclic) bond motifs is 9. The number of rotatable bonds is 7. The van der Waals surface area contributed by atoms with Crippen LogP contribution in [0.2, 0.25) is 0 Å². The van der Waals surface area contributed by atoms with Gasteiger partial charge in [0.15, 0.2) is 0 Å². The highest BCUT2D eigenvalue weighted by Gasteiger charge is 2.46. The molecule has 0 radical (unpaired) electrons. The van der Waals surface area contributed by atoms with Gasteiger partial charge in [0, 0.05) is 17.1 Å². The maximum absolute atomic E-state index is 2.53. The zero-order chi connectivity index (χ0) is 41.0. The van der Waals surface area contributed by atoms with E-state index in [4.69, 9.17) is 0 Å². The molecule has 0 aromatic heterocycles. The average Bonchev–Trinajstić information content (AvgIpc) is 3.64. The number of hydrogen-bond donors (Lipinski definition) is 0. The molecule has 0 saturated heterocycles. The molecule has 0 bridgehead atoms. The van der Waals surface area contributed by atoms with Crippen molar-refractivity contribution in [2.45, 2.75) is 5.41 Å². The Labute approximate surface area is 362 Å². The summed E-state index contributed by atoms with van der Waals surface area (Å²) in [5.41, 5.74) is 15.2. The normalized spacial score (nSPS) is 12.6. The third-order valence-corrected chi connectivity index (χ3v) is 13.1. The Morgan fingerprint density at radius 2 is 0.597 bits per heavy atom. The summed E-state index contributed by atoms with van der Waals surface area (Å²) in [4.78, 5) is 2.42. The topological polar surface area (TPSA) is 3.24 Å². The highest BCUT2D eigenvalue weighted by atomic mass is 15.1. The maximum Gasteiger partial charge on any atom is 0.0713 e. The first-order valence-electron chi connectivity index (χ1n) is 21.5. The molecular formula is C61H41N. The smallest absolute Gasteiger partial charge is 0.0713 e. The number of nitrogens with zero attached hydrogens (tertiary/aromatic N) is 1. The zero-order valence-corrected chi connectivity index (χ0v) is 34.1. The highest BCUT2D eigenvalue weighted by molar-refractivity contribution is 6.26. The molecule has 0 atom stereocenters. The van der Waals surface area contributed by atoms with Crippen LogP contribution < -0.4 is 4.90 Å². The van der Waals surface area contributed by atoms with E-state index in [9.17, 15) is 0 Å². The molecule has 290 valence electrons. The molecule has 0 N–H and O–H groups in total. The standard InChI is InChI=1S/C61H41N/c1-5-17-42(18-6-1)44-29-33-48(34-30-44)62(49-35-31-45(32-36-49)43-19-7-2-8-20-43)50-37-38-59-57(39-50)58-40-55-53-27-15-13-25-51(53)52-26-14-16-28-54(52)56(55)41-60(58)61(59,46-21-9-3-10-22-46)47-23-11-4-12-24-47/h1-41H. The molecule has 1 heteroatoms. The molecule has 12 rings (SSSR count). The maximum atomic E-state index is 2.53. The van der Waals surface area contributed by atoms with Gasteiger partial charge in [-0.1, -0.05) is 200 Å². The lowest BCUT2D eigenvalue weighted by Gasteiger charge is -2.34. The Morgan fingerprint density at radius 3 is 1.06 bits per heavy atom. The van der Waals surface area contributed by atoms with Crippen LogP contribution in [0.4, 0.5) is 17.1 Å². The fraction of sp³-hybridized carbons (Fsp3) is 0.0164. The minimum Gasteiger partial charge on any atom is -0.310 e. The van der Waals surface area contributed by atoms with E-state index in [-0.39, 0.29) is 0 Å². The summed E-state index contributed by atoms with van der Waals surface area (Å²) in [7, 11) is 0. The molecular weight excluding hydrogens is 747 g/mol. The minimum absolute atomic E-state index is 0.549. The number of benzene rings is 11. The predicted molar refractivity (Wildman–Crippen MR) is 262 cm³/mol. The van der Waals surface area contributed by atoms with Crippen LogP contribution in [-0.4, -0.2) is 0 Å². The van der Waals surface area contributed by atoms with E-state index in [1.165, 1.54) is 88.0 Å². The molecule has 0 amide bonds. The van der Waals surface area contributed by atoms with Crippen molar-refractivity contribution in [2.75, 3.05) is 4.90 Å². The molecule has 0 heterocycles. The molecule has 1 aliphatic rings. The van der Waals surface area contributed by atoms with Gasteiger partial charge in [0.2, 0.25) is 0 Å². The first-order valence-corrected chi connectivity index (χ1v) is 21.5. The lowest BCUT2D eigenvalue weighted by atomic mass is 9.67. The van der Waals surface area contributed by atoms with Crippen LogP contribution in [0, 0.1) is 0 Å². The predicted octanol–water partition coefficient (Wildman–Crippen LogP) is 16.3. The zero-order valence-electron chi connectivity index (χ0n) is 34.1. The second-order valence-electron chi connectivity index (χ2n) is 16.4. The van der Waals surface area contributed by atoms with Crippen molar-refractivity contribution in [3.8, 4) is 33.4 Å². The SMILES string of the molecule is c1ccc(-c2ccc(N(c3ccc(-c4ccccc4)cc3)c3ccc4c(c3)-c3cc5c6ccccc6c6ccccc6c5cc3C4(c3ccccc3)c3ccccc3)cc2)cc1. The van der Waals surface area contributed by atoms with Gasteiger partial charge in [0.25, 0.3) is 0 Å². The lowest BCUT2D eigenvalue weighted by Crippen LogP contribution is -2.28. The quantitative estimate of drug-likeness (QED) is 0.145. The summed E-state index contributed by atoms with van der Waals surface area (Å²) >= 11 is 0. The molecule has 1 nitrogen and oxygen atoms in total. The van der Waals surface area contributed by atoms with Crippen molar-refractivity contribution in [3.05, 3.63) is 271 Å². The summed E-state index contributed by atoms with van der Waals surface area (Å²) in [6, 6.07) is 91.7. The fourth-order valence-electron chi connectivity index (χ4n) is 10.3. The molecule has 0 unspecified atom stereocenters. The van der Waals surface area contributed by atoms with Crippen LogP contribution in [0.1, 0.15) is 22.3 Å². The van der Waals surface area contributed by atoms with Gasteiger partial charge in [-0.15, -0.1) is 0 Å². The van der Waals surface area contributed by atoms with Gasteiger partial charge in [-0.05, 0) is 136 Å². The molecule has 0 aliphatic heterocycles. The van der Waals surface area contributed by atoms with E-state index in [0.29, 0.717) is 0 Å². The summed E-state index contributed by atoms with van der Waals surface area (Å²) in [6.07, 6.45) is 0. The molecule has 11 aromatic carbocycles. The molecule has 0 saturated carbocycles. The van der Waals surface area contributed by atoms with Gasteiger partial charge in [-0.3, -0.25) is 0 Å². The molecule has 62 heavy (non-hydrogen) atoms. The second-order valence-corrected chi connectivity index (χ2v) is 16.4. The van der Waals surface area contributed by atoms with Crippen LogP contribution in [0.25, 0.3) is 65.7 Å². The number of anilines is 3. The van der Waals surface area contributed by atoms with E-state index < -0.39 is 5.41 Å². The summed E-state index contributed by atoms with van der Waals surface area (Å²) < 4.78 is 0. The Kier molecular flexibility index (Phi) is 8.47. The van der Waals surface area contributed by atoms with Crippen LogP contribution in [-0.2, 0) is 5.41 Å². The van der Waals surface area contributed by atoms with Crippen molar-refractivity contribution < 1.29 is 0 Å². The molecule has 0 spiro atoms.